The summed E-state index contributed by atoms with van der Waals surface area (Å²) in [6, 6.07) is 16.2. The van der Waals surface area contributed by atoms with Gasteiger partial charge in [0.2, 0.25) is 5.91 Å². The number of para-hydroxylation sites is 1. The molecule has 1 fully saturated rings. The highest BCUT2D eigenvalue weighted by atomic mass is 16.5. The zero-order valence-corrected chi connectivity index (χ0v) is 14.3. The summed E-state index contributed by atoms with van der Waals surface area (Å²) in [6.45, 7) is 0.415. The van der Waals surface area contributed by atoms with Crippen molar-refractivity contribution in [2.75, 3.05) is 18.6 Å². The molecule has 1 aliphatic heterocycles. The average Bonchev–Trinajstić information content (AvgIpc) is 3.25. The van der Waals surface area contributed by atoms with E-state index in [-0.39, 0.29) is 30.0 Å². The summed E-state index contributed by atoms with van der Waals surface area (Å²) in [5.74, 6) is 0.586. The second-order valence-electron chi connectivity index (χ2n) is 6.23. The van der Waals surface area contributed by atoms with E-state index in [1.54, 1.807) is 24.1 Å². The SMILES string of the molecule is COc1cccc(N2C[C@@H](NC(=O)c3cc4ccccc4o3)CC2=O)c1. The number of rotatable bonds is 4. The van der Waals surface area contributed by atoms with Crippen molar-refractivity contribution in [3.63, 3.8) is 0 Å². The maximum Gasteiger partial charge on any atom is 0.287 e. The molecule has 3 aromatic rings. The van der Waals surface area contributed by atoms with Gasteiger partial charge in [-0.2, -0.15) is 0 Å². The van der Waals surface area contributed by atoms with Crippen LogP contribution in [0.15, 0.2) is 59.0 Å². The third-order valence-electron chi connectivity index (χ3n) is 4.47. The van der Waals surface area contributed by atoms with Gasteiger partial charge in [-0.25, -0.2) is 0 Å². The highest BCUT2D eigenvalue weighted by Gasteiger charge is 2.32. The molecular formula is C20H18N2O4. The number of nitrogens with one attached hydrogen (secondary N) is 1. The summed E-state index contributed by atoms with van der Waals surface area (Å²) in [7, 11) is 1.58. The van der Waals surface area contributed by atoms with Gasteiger partial charge in [-0.15, -0.1) is 0 Å². The fraction of sp³-hybridized carbons (Fsp3) is 0.200. The Kier molecular flexibility index (Phi) is 4.08. The number of hydrogen-bond acceptors (Lipinski definition) is 4. The van der Waals surface area contributed by atoms with Crippen LogP contribution in [0.25, 0.3) is 11.0 Å². The zero-order chi connectivity index (χ0) is 18.1. The van der Waals surface area contributed by atoms with Crippen LogP contribution in [0.3, 0.4) is 0 Å². The van der Waals surface area contributed by atoms with Gasteiger partial charge < -0.3 is 19.4 Å². The molecule has 1 N–H and O–H groups in total. The molecule has 2 aromatic carbocycles. The van der Waals surface area contributed by atoms with E-state index in [4.69, 9.17) is 9.15 Å². The van der Waals surface area contributed by atoms with Gasteiger partial charge in [0.05, 0.1) is 13.2 Å². The molecule has 6 heteroatoms. The predicted octanol–water partition coefficient (Wildman–Crippen LogP) is 2.98. The van der Waals surface area contributed by atoms with E-state index in [1.165, 1.54) is 0 Å². The van der Waals surface area contributed by atoms with E-state index < -0.39 is 0 Å². The Morgan fingerprint density at radius 2 is 2.04 bits per heavy atom. The lowest BCUT2D eigenvalue weighted by molar-refractivity contribution is -0.117. The van der Waals surface area contributed by atoms with Gasteiger partial charge in [0, 0.05) is 30.1 Å². The van der Waals surface area contributed by atoms with Crippen LogP contribution in [0.2, 0.25) is 0 Å². The van der Waals surface area contributed by atoms with Crippen LogP contribution in [-0.4, -0.2) is 31.5 Å². The largest absolute Gasteiger partial charge is 0.497 e. The first-order valence-corrected chi connectivity index (χ1v) is 8.38. The van der Waals surface area contributed by atoms with Crippen LogP contribution in [-0.2, 0) is 4.79 Å². The molecule has 132 valence electrons. The molecule has 6 nitrogen and oxygen atoms in total. The van der Waals surface area contributed by atoms with E-state index in [0.717, 1.165) is 11.1 Å². The fourth-order valence-corrected chi connectivity index (χ4v) is 3.18. The highest BCUT2D eigenvalue weighted by molar-refractivity contribution is 5.99. The number of hydrogen-bond donors (Lipinski definition) is 1. The minimum absolute atomic E-state index is 0.0341. The smallest absolute Gasteiger partial charge is 0.287 e. The van der Waals surface area contributed by atoms with Crippen molar-refractivity contribution in [3.05, 3.63) is 60.4 Å². The number of ether oxygens (including phenoxy) is 1. The van der Waals surface area contributed by atoms with Gasteiger partial charge in [-0.05, 0) is 24.3 Å². The number of anilines is 1. The maximum absolute atomic E-state index is 12.5. The Labute approximate surface area is 150 Å². The molecule has 0 saturated carbocycles. The minimum atomic E-state index is -0.313. The van der Waals surface area contributed by atoms with E-state index in [9.17, 15) is 9.59 Å². The molecule has 2 heterocycles. The summed E-state index contributed by atoms with van der Waals surface area (Å²) < 4.78 is 10.8. The van der Waals surface area contributed by atoms with Crippen molar-refractivity contribution in [1.82, 2.24) is 5.32 Å². The van der Waals surface area contributed by atoms with Crippen molar-refractivity contribution in [2.45, 2.75) is 12.5 Å². The summed E-state index contributed by atoms with van der Waals surface area (Å²) in [6.07, 6.45) is 0.253. The standard InChI is InChI=1S/C20H18N2O4/c1-25-16-7-4-6-15(11-16)22-12-14(10-19(22)23)21-20(24)18-9-13-5-2-3-8-17(13)26-18/h2-9,11,14H,10,12H2,1H3,(H,21,24)/t14-/m0/s1. The lowest BCUT2D eigenvalue weighted by Gasteiger charge is -2.17. The summed E-state index contributed by atoms with van der Waals surface area (Å²) >= 11 is 0. The predicted molar refractivity (Wildman–Crippen MR) is 97.4 cm³/mol. The minimum Gasteiger partial charge on any atom is -0.497 e. The number of furan rings is 1. The molecule has 0 spiro atoms. The van der Waals surface area contributed by atoms with Crippen LogP contribution in [0.5, 0.6) is 5.75 Å². The van der Waals surface area contributed by atoms with Gasteiger partial charge >= 0.3 is 0 Å². The van der Waals surface area contributed by atoms with Gasteiger partial charge in [0.15, 0.2) is 5.76 Å². The van der Waals surface area contributed by atoms with E-state index in [0.29, 0.717) is 17.9 Å². The van der Waals surface area contributed by atoms with Crippen LogP contribution in [0, 0.1) is 0 Å². The van der Waals surface area contributed by atoms with Crippen molar-refractivity contribution in [2.24, 2.45) is 0 Å². The average molecular weight is 350 g/mol. The lowest BCUT2D eigenvalue weighted by atomic mass is 10.2. The monoisotopic (exact) mass is 350 g/mol. The molecule has 1 atom stereocenters. The first-order valence-electron chi connectivity index (χ1n) is 8.38. The molecule has 0 radical (unpaired) electrons. The Morgan fingerprint density at radius 3 is 2.85 bits per heavy atom. The number of benzene rings is 2. The first kappa shape index (κ1) is 16.2. The number of nitrogens with zero attached hydrogens (tertiary/aromatic N) is 1. The molecule has 2 amide bonds. The number of fused-ring (bicyclic) bond motifs is 1. The van der Waals surface area contributed by atoms with Crippen LogP contribution < -0.4 is 15.0 Å². The second kappa shape index (κ2) is 6.55. The van der Waals surface area contributed by atoms with Crippen LogP contribution in [0.1, 0.15) is 17.0 Å². The number of amides is 2. The summed E-state index contributed by atoms with van der Waals surface area (Å²) in [5.41, 5.74) is 1.42. The maximum atomic E-state index is 12.5. The highest BCUT2D eigenvalue weighted by Crippen LogP contribution is 2.26. The summed E-state index contributed by atoms with van der Waals surface area (Å²) in [4.78, 5) is 26.5. The van der Waals surface area contributed by atoms with Gasteiger partial charge in [0.1, 0.15) is 11.3 Å². The number of carbonyl (C=O) groups is 2. The fourth-order valence-electron chi connectivity index (χ4n) is 3.18. The first-order chi connectivity index (χ1) is 12.6. The molecule has 26 heavy (non-hydrogen) atoms. The van der Waals surface area contributed by atoms with Crippen molar-refractivity contribution in [1.29, 1.82) is 0 Å². The van der Waals surface area contributed by atoms with E-state index in [2.05, 4.69) is 5.32 Å². The molecule has 1 saturated heterocycles. The molecule has 0 aliphatic carbocycles. The van der Waals surface area contributed by atoms with Gasteiger partial charge in [-0.1, -0.05) is 24.3 Å². The Balaban J connectivity index is 1.47. The molecule has 0 unspecified atom stereocenters. The Bertz CT molecular complexity index is 946. The third-order valence-corrected chi connectivity index (χ3v) is 4.47. The molecule has 1 aliphatic rings. The Morgan fingerprint density at radius 1 is 1.19 bits per heavy atom. The van der Waals surface area contributed by atoms with Crippen molar-refractivity contribution < 1.29 is 18.7 Å². The van der Waals surface area contributed by atoms with Gasteiger partial charge in [-0.3, -0.25) is 9.59 Å². The quantitative estimate of drug-likeness (QED) is 0.785. The van der Waals surface area contributed by atoms with Crippen LogP contribution >= 0.6 is 0 Å². The molecule has 1 aromatic heterocycles. The molecule has 4 rings (SSSR count). The molecule has 0 bridgehead atoms. The van der Waals surface area contributed by atoms with Gasteiger partial charge in [0.25, 0.3) is 5.91 Å². The van der Waals surface area contributed by atoms with E-state index >= 15 is 0 Å². The third kappa shape index (κ3) is 3.01. The Hall–Kier alpha value is -3.28. The van der Waals surface area contributed by atoms with Crippen molar-refractivity contribution in [3.8, 4) is 5.75 Å². The summed E-state index contributed by atoms with van der Waals surface area (Å²) in [5, 5.41) is 3.76. The lowest BCUT2D eigenvalue weighted by Crippen LogP contribution is -2.37. The van der Waals surface area contributed by atoms with Crippen LogP contribution in [0.4, 0.5) is 5.69 Å². The topological polar surface area (TPSA) is 71.8 Å². The number of carbonyl (C=O) groups excluding carboxylic acids is 2. The van der Waals surface area contributed by atoms with E-state index in [1.807, 2.05) is 42.5 Å². The number of methoxy groups -OCH3 is 1. The zero-order valence-electron chi connectivity index (χ0n) is 14.3. The van der Waals surface area contributed by atoms with Crippen molar-refractivity contribution >= 4 is 28.5 Å². The second-order valence-corrected chi connectivity index (χ2v) is 6.23. The molecular weight excluding hydrogens is 332 g/mol. The normalized spacial score (nSPS) is 16.9.